The fraction of sp³-hybridized carbons (Fsp3) is 0.581. The van der Waals surface area contributed by atoms with Crippen LogP contribution in [0.3, 0.4) is 0 Å². The number of rotatable bonds is 9. The van der Waals surface area contributed by atoms with Crippen molar-refractivity contribution in [3.63, 3.8) is 0 Å². The molecule has 0 bridgehead atoms. The molecule has 0 saturated carbocycles. The molecule has 3 aliphatic rings. The van der Waals surface area contributed by atoms with Gasteiger partial charge in [-0.25, -0.2) is 0 Å². The first-order chi connectivity index (χ1) is 19.5. The van der Waals surface area contributed by atoms with E-state index in [1.54, 1.807) is 21.1 Å². The summed E-state index contributed by atoms with van der Waals surface area (Å²) in [5, 5.41) is 2.93. The van der Waals surface area contributed by atoms with Crippen molar-refractivity contribution in [1.29, 1.82) is 0 Å². The molecule has 1 aromatic rings. The lowest BCUT2D eigenvalue weighted by molar-refractivity contribution is -0.122. The molecule has 1 fully saturated rings. The summed E-state index contributed by atoms with van der Waals surface area (Å²) in [5.41, 5.74) is 4.17. The highest BCUT2D eigenvalue weighted by Gasteiger charge is 2.52. The topological polar surface area (TPSA) is 107 Å². The van der Waals surface area contributed by atoms with Gasteiger partial charge in [-0.15, -0.1) is 0 Å². The predicted octanol–water partition coefficient (Wildman–Crippen LogP) is 3.01. The number of methoxy groups -OCH3 is 3. The lowest BCUT2D eigenvalue weighted by atomic mass is 9.73. The van der Waals surface area contributed by atoms with Gasteiger partial charge in [-0.1, -0.05) is 13.0 Å². The van der Waals surface area contributed by atoms with Crippen molar-refractivity contribution in [3.8, 4) is 11.5 Å². The van der Waals surface area contributed by atoms with Crippen LogP contribution in [0.15, 0.2) is 28.5 Å². The molecule has 0 aromatic heterocycles. The number of allylic oxidation sites excluding steroid dienone is 2. The molecule has 4 rings (SSSR count). The maximum atomic E-state index is 13.8. The molecule has 1 N–H and O–H groups in total. The van der Waals surface area contributed by atoms with E-state index < -0.39 is 6.04 Å². The molecule has 4 atom stereocenters. The van der Waals surface area contributed by atoms with Crippen LogP contribution in [-0.2, 0) is 23.9 Å². The third kappa shape index (κ3) is 5.29. The van der Waals surface area contributed by atoms with Crippen molar-refractivity contribution < 1.29 is 33.3 Å². The van der Waals surface area contributed by atoms with Gasteiger partial charge in [-0.05, 0) is 51.8 Å². The number of Topliss-reactive ketones (excluding diaryl/α,β-unsaturated/α-hetero) is 2. The van der Waals surface area contributed by atoms with E-state index in [9.17, 15) is 14.4 Å². The van der Waals surface area contributed by atoms with Crippen molar-refractivity contribution in [1.82, 2.24) is 15.1 Å². The second kappa shape index (κ2) is 12.3. The number of nitrogens with one attached hydrogen (secondary N) is 1. The number of likely N-dealkylation sites (N-methyl/N-ethyl adjacent to an activating group) is 1. The monoisotopic (exact) mass is 569 g/mol. The molecule has 1 unspecified atom stereocenters. The van der Waals surface area contributed by atoms with E-state index in [0.29, 0.717) is 41.2 Å². The first-order valence-corrected chi connectivity index (χ1v) is 14.1. The molecule has 1 amide bonds. The Hall–Kier alpha value is -3.21. The second-order valence-electron chi connectivity index (χ2n) is 11.1. The summed E-state index contributed by atoms with van der Waals surface area (Å²) in [7, 11) is 6.73. The first kappa shape index (κ1) is 30.7. The highest BCUT2D eigenvalue weighted by molar-refractivity contribution is 6.25. The summed E-state index contributed by atoms with van der Waals surface area (Å²) in [6.45, 7) is 10.2. The molecular weight excluding hydrogens is 526 g/mol. The summed E-state index contributed by atoms with van der Waals surface area (Å²) in [5.74, 6) is 0.662. The third-order valence-electron chi connectivity index (χ3n) is 8.81. The number of fused-ring (bicyclic) bond motifs is 1. The van der Waals surface area contributed by atoms with Crippen LogP contribution >= 0.6 is 0 Å². The molecule has 1 aliphatic carbocycles. The van der Waals surface area contributed by atoms with Crippen molar-refractivity contribution in [3.05, 3.63) is 45.2 Å². The van der Waals surface area contributed by atoms with Crippen molar-refractivity contribution >= 4 is 17.5 Å². The first-order valence-electron chi connectivity index (χ1n) is 14.1. The van der Waals surface area contributed by atoms with Gasteiger partial charge in [0, 0.05) is 61.5 Å². The van der Waals surface area contributed by atoms with Crippen LogP contribution in [0.2, 0.25) is 0 Å². The Bertz CT molecular complexity index is 1300. The maximum absolute atomic E-state index is 13.8. The fourth-order valence-electron chi connectivity index (χ4n) is 6.94. The summed E-state index contributed by atoms with van der Waals surface area (Å²) >= 11 is 0. The number of carbonyl (C=O) groups excluding carboxylic acids is 3. The number of hydrogen-bond acceptors (Lipinski definition) is 9. The van der Waals surface area contributed by atoms with E-state index in [2.05, 4.69) is 42.1 Å². The van der Waals surface area contributed by atoms with Crippen LogP contribution < -0.4 is 14.8 Å². The highest BCUT2D eigenvalue weighted by atomic mass is 16.7. The molecule has 1 aromatic carbocycles. The molecule has 10 heteroatoms. The van der Waals surface area contributed by atoms with E-state index in [1.807, 2.05) is 6.92 Å². The zero-order valence-electron chi connectivity index (χ0n) is 25.7. The summed E-state index contributed by atoms with van der Waals surface area (Å²) in [4.78, 5) is 44.3. The lowest BCUT2D eigenvalue weighted by Crippen LogP contribution is -2.65. The third-order valence-corrected chi connectivity index (χ3v) is 8.81. The number of aryl methyl sites for hydroxylation is 2. The quantitative estimate of drug-likeness (QED) is 0.355. The van der Waals surface area contributed by atoms with E-state index >= 15 is 0 Å². The number of benzene rings is 1. The van der Waals surface area contributed by atoms with Crippen LogP contribution in [0.25, 0.3) is 0 Å². The maximum Gasteiger partial charge on any atom is 0.226 e. The minimum absolute atomic E-state index is 0.0471. The van der Waals surface area contributed by atoms with Gasteiger partial charge in [-0.2, -0.15) is 0 Å². The minimum Gasteiger partial charge on any atom is -0.493 e. The number of amides is 1. The minimum atomic E-state index is -0.497. The summed E-state index contributed by atoms with van der Waals surface area (Å²) in [6, 6.07) is 1.33. The van der Waals surface area contributed by atoms with Gasteiger partial charge in [-0.3, -0.25) is 24.2 Å². The normalized spacial score (nSPS) is 25.2. The summed E-state index contributed by atoms with van der Waals surface area (Å²) < 4.78 is 22.8. The zero-order valence-corrected chi connectivity index (χ0v) is 25.7. The average molecular weight is 570 g/mol. The average Bonchev–Trinajstić information content (AvgIpc) is 2.93. The van der Waals surface area contributed by atoms with Gasteiger partial charge in [0.15, 0.2) is 29.8 Å². The Morgan fingerprint density at radius 3 is 2.34 bits per heavy atom. The van der Waals surface area contributed by atoms with Gasteiger partial charge < -0.3 is 24.3 Å². The van der Waals surface area contributed by atoms with E-state index in [0.717, 1.165) is 23.1 Å². The van der Waals surface area contributed by atoms with Crippen molar-refractivity contribution in [2.24, 2.45) is 0 Å². The standard InChI is InChI=1S/C31H43N3O7/c1-10-20-14-34-22(26(33(20)6)24-16(2)11-17(3)29(39-8)31(24)41-15-38-7)12-21-25(23(34)13-32-19(5)35)28(37)30(40-9)18(4)27(21)36/h11,20,22-23,26H,10,12-15H2,1-9H3,(H,32,35)/t20-,22?,23-,26-/m0/s1. The van der Waals surface area contributed by atoms with Crippen LogP contribution in [0.5, 0.6) is 11.5 Å². The second-order valence-corrected chi connectivity index (χ2v) is 11.1. The molecule has 41 heavy (non-hydrogen) atoms. The number of hydrogen-bond donors (Lipinski definition) is 1. The van der Waals surface area contributed by atoms with Gasteiger partial charge in [0.2, 0.25) is 11.7 Å². The number of carbonyl (C=O) groups is 3. The lowest BCUT2D eigenvalue weighted by Gasteiger charge is -2.56. The number of ether oxygens (including phenoxy) is 4. The van der Waals surface area contributed by atoms with Crippen LogP contribution in [0.4, 0.5) is 0 Å². The molecule has 224 valence electrons. The van der Waals surface area contributed by atoms with Gasteiger partial charge >= 0.3 is 0 Å². The van der Waals surface area contributed by atoms with Crippen molar-refractivity contribution in [2.75, 3.05) is 48.3 Å². The van der Waals surface area contributed by atoms with E-state index in [4.69, 9.17) is 18.9 Å². The predicted molar refractivity (Wildman–Crippen MR) is 154 cm³/mol. The van der Waals surface area contributed by atoms with Crippen LogP contribution in [0, 0.1) is 13.8 Å². The number of piperazine rings is 1. The molecular formula is C31H43N3O7. The molecule has 0 spiro atoms. The molecule has 2 aliphatic heterocycles. The van der Waals surface area contributed by atoms with Gasteiger partial charge in [0.25, 0.3) is 0 Å². The Kier molecular flexibility index (Phi) is 9.25. The Morgan fingerprint density at radius 2 is 1.76 bits per heavy atom. The Labute approximate surface area is 242 Å². The largest absolute Gasteiger partial charge is 0.493 e. The Morgan fingerprint density at radius 1 is 1.05 bits per heavy atom. The Balaban J connectivity index is 1.96. The van der Waals surface area contributed by atoms with Crippen LogP contribution in [0.1, 0.15) is 56.3 Å². The fourth-order valence-corrected chi connectivity index (χ4v) is 6.94. The van der Waals surface area contributed by atoms with Crippen LogP contribution in [-0.4, -0.2) is 93.7 Å². The zero-order chi connectivity index (χ0) is 30.2. The van der Waals surface area contributed by atoms with E-state index in [-0.39, 0.29) is 54.7 Å². The van der Waals surface area contributed by atoms with Crippen molar-refractivity contribution in [2.45, 2.75) is 71.6 Å². The molecule has 2 heterocycles. The smallest absolute Gasteiger partial charge is 0.226 e. The number of nitrogens with zero attached hydrogens (tertiary/aromatic N) is 2. The van der Waals surface area contributed by atoms with Gasteiger partial charge in [0.1, 0.15) is 0 Å². The highest BCUT2D eigenvalue weighted by Crippen LogP contribution is 2.50. The molecule has 1 saturated heterocycles. The summed E-state index contributed by atoms with van der Waals surface area (Å²) in [6.07, 6.45) is 1.23. The molecule has 10 nitrogen and oxygen atoms in total. The molecule has 0 radical (unpaired) electrons. The van der Waals surface area contributed by atoms with E-state index in [1.165, 1.54) is 14.0 Å². The SMILES string of the molecule is CC[C@H]1CN2C(CC3=C(C(=O)C(OC)=C(C)C3=O)[C@@H]2CNC(C)=O)[C@@H](c2c(C)cc(C)c(OC)c2OCOC)N1C. The number of ketones is 2. The van der Waals surface area contributed by atoms with Gasteiger partial charge in [0.05, 0.1) is 26.3 Å².